The first-order valence-corrected chi connectivity index (χ1v) is 2.38. The second kappa shape index (κ2) is 16.5. The van der Waals surface area contributed by atoms with E-state index in [0.29, 0.717) is 0 Å². The molecule has 0 fully saturated rings. The van der Waals surface area contributed by atoms with Gasteiger partial charge in [0, 0.05) is 11.9 Å². The quantitative estimate of drug-likeness (QED) is 0.533. The molecule has 0 saturated carbocycles. The zero-order valence-corrected chi connectivity index (χ0v) is 8.09. The topological polar surface area (TPSA) is 80.3 Å². The van der Waals surface area contributed by atoms with Crippen molar-refractivity contribution >= 4 is 11.9 Å². The van der Waals surface area contributed by atoms with Crippen LogP contribution in [0.3, 0.4) is 0 Å². The van der Waals surface area contributed by atoms with E-state index in [9.17, 15) is 9.90 Å². The van der Waals surface area contributed by atoms with Crippen molar-refractivity contribution in [3.63, 3.8) is 0 Å². The van der Waals surface area contributed by atoms with E-state index in [0.717, 1.165) is 6.92 Å². The van der Waals surface area contributed by atoms with E-state index in [1.165, 1.54) is 6.92 Å². The maximum absolute atomic E-state index is 9.26. The molecule has 0 aliphatic carbocycles. The summed E-state index contributed by atoms with van der Waals surface area (Å²) >= 11 is 0. The Balaban J connectivity index is -0.0000000383. The van der Waals surface area contributed by atoms with Crippen LogP contribution in [0.15, 0.2) is 0 Å². The standard InChI is InChI=1S/C3H6O2.C2H4O2.2Co/c1-2-3(4)5;1-2(3)4;;/h2H2,1H3,(H,4,5);1H3,(H,3,4);;/q;;2*+2/p-2. The van der Waals surface area contributed by atoms with Crippen LogP contribution >= 0.6 is 0 Å². The van der Waals surface area contributed by atoms with E-state index >= 15 is 0 Å². The van der Waals surface area contributed by atoms with Gasteiger partial charge in [0.1, 0.15) is 0 Å². The van der Waals surface area contributed by atoms with E-state index in [1.807, 2.05) is 0 Å². The molecule has 0 atom stereocenters. The first-order chi connectivity index (χ1) is 4.00. The van der Waals surface area contributed by atoms with Gasteiger partial charge < -0.3 is 19.8 Å². The van der Waals surface area contributed by atoms with E-state index in [-0.39, 0.29) is 40.0 Å². The van der Waals surface area contributed by atoms with Crippen LogP contribution in [0.25, 0.3) is 0 Å². The molecule has 0 bridgehead atoms. The Bertz CT molecular complexity index is 101. The van der Waals surface area contributed by atoms with Gasteiger partial charge in [-0.15, -0.1) is 0 Å². The summed E-state index contributed by atoms with van der Waals surface area (Å²) in [5.41, 5.74) is 0. The minimum Gasteiger partial charge on any atom is -0.550 e. The predicted octanol–water partition coefficient (Wildman–Crippen LogP) is -2.10. The van der Waals surface area contributed by atoms with E-state index in [2.05, 4.69) is 0 Å². The normalized spacial score (nSPS) is 5.64. The van der Waals surface area contributed by atoms with Gasteiger partial charge in [0.2, 0.25) is 0 Å². The number of carbonyl (C=O) groups is 2. The molecule has 11 heavy (non-hydrogen) atoms. The molecule has 0 aromatic heterocycles. The fraction of sp³-hybridized carbons (Fsp3) is 0.600. The third-order valence-corrected chi connectivity index (χ3v) is 0.289. The van der Waals surface area contributed by atoms with Crippen molar-refractivity contribution < 1.29 is 53.4 Å². The number of carbonyl (C=O) groups excluding carboxylic acids is 2. The Morgan fingerprint density at radius 2 is 1.27 bits per heavy atom. The van der Waals surface area contributed by atoms with Crippen molar-refractivity contribution in [3.05, 3.63) is 0 Å². The fourth-order valence-electron chi connectivity index (χ4n) is 0. The molecule has 0 unspecified atom stereocenters. The molecule has 4 nitrogen and oxygen atoms in total. The number of hydrogen-bond donors (Lipinski definition) is 0. The summed E-state index contributed by atoms with van der Waals surface area (Å²) in [6, 6.07) is 0. The van der Waals surface area contributed by atoms with Crippen LogP contribution in [0, 0.1) is 0 Å². The van der Waals surface area contributed by atoms with E-state index in [4.69, 9.17) is 9.90 Å². The van der Waals surface area contributed by atoms with E-state index in [1.54, 1.807) is 0 Å². The van der Waals surface area contributed by atoms with Gasteiger partial charge >= 0.3 is 33.6 Å². The summed E-state index contributed by atoms with van der Waals surface area (Å²) in [6.45, 7) is 2.51. The summed E-state index contributed by atoms with van der Waals surface area (Å²) in [7, 11) is 0. The molecule has 0 aliphatic rings. The van der Waals surface area contributed by atoms with Crippen LogP contribution in [0.2, 0.25) is 0 Å². The molecule has 2 radical (unpaired) electrons. The number of rotatable bonds is 1. The Kier molecular flexibility index (Phi) is 33.7. The van der Waals surface area contributed by atoms with Gasteiger partial charge in [-0.05, 0) is 13.3 Å². The fourth-order valence-corrected chi connectivity index (χ4v) is 0. The summed E-state index contributed by atoms with van der Waals surface area (Å²) in [5, 5.41) is 18.1. The first-order valence-electron chi connectivity index (χ1n) is 2.38. The van der Waals surface area contributed by atoms with Gasteiger partial charge in [-0.1, -0.05) is 6.92 Å². The van der Waals surface area contributed by atoms with Gasteiger partial charge in [-0.3, -0.25) is 0 Å². The molecule has 0 saturated heterocycles. The SMILES string of the molecule is CC(=O)[O-].CCC(=O)[O-].[Co+2].[Co+2]. The molecule has 0 amide bonds. The first kappa shape index (κ1) is 22.4. The van der Waals surface area contributed by atoms with Crippen molar-refractivity contribution in [2.45, 2.75) is 20.3 Å². The molecule has 0 rings (SSSR count). The second-order valence-corrected chi connectivity index (χ2v) is 1.22. The molecule has 0 aromatic rings. The predicted molar refractivity (Wildman–Crippen MR) is 26.0 cm³/mol. The van der Waals surface area contributed by atoms with Crippen molar-refractivity contribution in [2.24, 2.45) is 0 Å². The van der Waals surface area contributed by atoms with Crippen LogP contribution < -0.4 is 10.2 Å². The Morgan fingerprint density at radius 1 is 1.18 bits per heavy atom. The smallest absolute Gasteiger partial charge is 0.550 e. The Hall–Kier alpha value is -0.0470. The summed E-state index contributed by atoms with van der Waals surface area (Å²) in [4.78, 5) is 18.1. The molecular formula is C5H8Co2O4+2. The summed E-state index contributed by atoms with van der Waals surface area (Å²) in [6.07, 6.45) is 0.111. The van der Waals surface area contributed by atoms with Crippen LogP contribution in [0.5, 0.6) is 0 Å². The Morgan fingerprint density at radius 3 is 1.27 bits per heavy atom. The van der Waals surface area contributed by atoms with E-state index < -0.39 is 11.9 Å². The maximum atomic E-state index is 9.26. The van der Waals surface area contributed by atoms with Crippen molar-refractivity contribution in [2.75, 3.05) is 0 Å². The average molecular weight is 250 g/mol. The van der Waals surface area contributed by atoms with Gasteiger partial charge in [0.05, 0.1) is 0 Å². The van der Waals surface area contributed by atoms with Crippen molar-refractivity contribution in [3.8, 4) is 0 Å². The summed E-state index contributed by atoms with van der Waals surface area (Å²) < 4.78 is 0. The third kappa shape index (κ3) is 165. The zero-order chi connectivity index (χ0) is 7.86. The van der Waals surface area contributed by atoms with Crippen LogP contribution in [-0.4, -0.2) is 11.9 Å². The zero-order valence-electron chi connectivity index (χ0n) is 6.01. The molecule has 68 valence electrons. The molecule has 0 N–H and O–H groups in total. The molecule has 0 heterocycles. The minimum absolute atomic E-state index is 0. The molecular weight excluding hydrogens is 242 g/mol. The van der Waals surface area contributed by atoms with Crippen molar-refractivity contribution in [1.82, 2.24) is 0 Å². The van der Waals surface area contributed by atoms with Crippen LogP contribution in [-0.2, 0) is 43.1 Å². The van der Waals surface area contributed by atoms with Gasteiger partial charge in [0.25, 0.3) is 0 Å². The Labute approximate surface area is 85.8 Å². The largest absolute Gasteiger partial charge is 2.00 e. The van der Waals surface area contributed by atoms with Crippen LogP contribution in [0.4, 0.5) is 0 Å². The van der Waals surface area contributed by atoms with Gasteiger partial charge in [-0.25, -0.2) is 0 Å². The second-order valence-electron chi connectivity index (χ2n) is 1.22. The molecule has 0 aliphatic heterocycles. The number of carboxylic acids is 2. The van der Waals surface area contributed by atoms with Crippen molar-refractivity contribution in [1.29, 1.82) is 0 Å². The monoisotopic (exact) mass is 250 g/mol. The third-order valence-electron chi connectivity index (χ3n) is 0.289. The number of hydrogen-bond acceptors (Lipinski definition) is 4. The minimum atomic E-state index is -1.08. The summed E-state index contributed by atoms with van der Waals surface area (Å²) in [5.74, 6) is -2.08. The van der Waals surface area contributed by atoms with Gasteiger partial charge in [-0.2, -0.15) is 0 Å². The number of carboxylic acid groups (broad SMARTS) is 2. The molecule has 0 aromatic carbocycles. The van der Waals surface area contributed by atoms with Gasteiger partial charge in [0.15, 0.2) is 0 Å². The molecule has 6 heteroatoms. The maximum Gasteiger partial charge on any atom is 2.00 e. The number of aliphatic carboxylic acids is 2. The van der Waals surface area contributed by atoms with Crippen LogP contribution in [0.1, 0.15) is 20.3 Å². The average Bonchev–Trinajstić information content (AvgIpc) is 1.65. The molecule has 0 spiro atoms.